The highest BCUT2D eigenvalue weighted by Gasteiger charge is 2.32. The van der Waals surface area contributed by atoms with Crippen molar-refractivity contribution in [2.24, 2.45) is 0 Å². The van der Waals surface area contributed by atoms with Crippen molar-refractivity contribution in [3.05, 3.63) is 22.4 Å². The molecule has 120 valence electrons. The summed E-state index contributed by atoms with van der Waals surface area (Å²) in [6.45, 7) is 3.28. The van der Waals surface area contributed by atoms with Gasteiger partial charge in [-0.2, -0.15) is 4.31 Å². The van der Waals surface area contributed by atoms with Gasteiger partial charge in [0.15, 0.2) is 5.82 Å². The third kappa shape index (κ3) is 3.94. The summed E-state index contributed by atoms with van der Waals surface area (Å²) in [7, 11) is -4.07. The molecule has 0 fully saturated rings. The fourth-order valence-corrected chi connectivity index (χ4v) is 4.69. The number of rotatable bonds is 7. The lowest BCUT2D eigenvalue weighted by molar-refractivity contribution is 0.219. The minimum Gasteiger partial charge on any atom is -0.399 e. The molecule has 21 heavy (non-hydrogen) atoms. The van der Waals surface area contributed by atoms with E-state index in [2.05, 4.69) is 15.9 Å². The molecule has 3 N–H and O–H groups in total. The maximum atomic E-state index is 14.2. The zero-order valence-electron chi connectivity index (χ0n) is 12.0. The van der Waals surface area contributed by atoms with Crippen molar-refractivity contribution in [3.8, 4) is 0 Å². The van der Waals surface area contributed by atoms with E-state index in [1.165, 1.54) is 6.07 Å². The Morgan fingerprint density at radius 3 is 2.43 bits per heavy atom. The third-order valence-corrected chi connectivity index (χ3v) is 5.80. The number of nitrogens with two attached hydrogens (primary N) is 1. The zero-order chi connectivity index (χ0) is 16.2. The van der Waals surface area contributed by atoms with Crippen LogP contribution in [0.5, 0.6) is 0 Å². The second kappa shape index (κ2) is 7.53. The van der Waals surface area contributed by atoms with Gasteiger partial charge >= 0.3 is 0 Å². The molecule has 5 nitrogen and oxygen atoms in total. The molecule has 1 aromatic rings. The van der Waals surface area contributed by atoms with Crippen LogP contribution in [0.25, 0.3) is 0 Å². The fraction of sp³-hybridized carbons (Fsp3) is 0.538. The SMILES string of the molecule is CCC(CC)N(CCO)S(=O)(=O)c1cc(N)cc(Br)c1F. The Morgan fingerprint density at radius 1 is 1.38 bits per heavy atom. The number of benzene rings is 1. The summed E-state index contributed by atoms with van der Waals surface area (Å²) in [5.41, 5.74) is 5.76. The minimum atomic E-state index is -4.07. The second-order valence-electron chi connectivity index (χ2n) is 4.62. The van der Waals surface area contributed by atoms with Crippen LogP contribution in [0.3, 0.4) is 0 Å². The van der Waals surface area contributed by atoms with Crippen molar-refractivity contribution < 1.29 is 17.9 Å². The van der Waals surface area contributed by atoms with Crippen molar-refractivity contribution in [2.45, 2.75) is 37.6 Å². The van der Waals surface area contributed by atoms with E-state index in [0.29, 0.717) is 12.8 Å². The number of anilines is 1. The third-order valence-electron chi connectivity index (χ3n) is 3.27. The van der Waals surface area contributed by atoms with Gasteiger partial charge < -0.3 is 10.8 Å². The normalized spacial score (nSPS) is 12.3. The highest BCUT2D eigenvalue weighted by Crippen LogP contribution is 2.29. The van der Waals surface area contributed by atoms with Crippen LogP contribution in [0.1, 0.15) is 26.7 Å². The van der Waals surface area contributed by atoms with Crippen molar-refractivity contribution in [2.75, 3.05) is 18.9 Å². The van der Waals surface area contributed by atoms with Gasteiger partial charge in [-0.05, 0) is 40.9 Å². The summed E-state index contributed by atoms with van der Waals surface area (Å²) >= 11 is 2.96. The molecule has 0 aliphatic rings. The maximum absolute atomic E-state index is 14.2. The Kier molecular flexibility index (Phi) is 6.58. The van der Waals surface area contributed by atoms with Gasteiger partial charge in [0.25, 0.3) is 0 Å². The van der Waals surface area contributed by atoms with E-state index in [-0.39, 0.29) is 29.4 Å². The Labute approximate surface area is 133 Å². The molecule has 0 amide bonds. The number of nitrogen functional groups attached to an aromatic ring is 1. The van der Waals surface area contributed by atoms with Crippen molar-refractivity contribution in [1.82, 2.24) is 4.31 Å². The molecule has 0 spiro atoms. The predicted molar refractivity (Wildman–Crippen MR) is 83.9 cm³/mol. The van der Waals surface area contributed by atoms with Crippen LogP contribution in [0.2, 0.25) is 0 Å². The van der Waals surface area contributed by atoms with Gasteiger partial charge in [0, 0.05) is 18.3 Å². The quantitative estimate of drug-likeness (QED) is 0.708. The molecule has 1 aromatic carbocycles. The Balaban J connectivity index is 3.42. The van der Waals surface area contributed by atoms with Crippen LogP contribution in [-0.2, 0) is 10.0 Å². The van der Waals surface area contributed by atoms with Crippen LogP contribution >= 0.6 is 15.9 Å². The van der Waals surface area contributed by atoms with Crippen LogP contribution in [-0.4, -0.2) is 37.0 Å². The van der Waals surface area contributed by atoms with Crippen molar-refractivity contribution in [3.63, 3.8) is 0 Å². The number of hydrogen-bond donors (Lipinski definition) is 2. The van der Waals surface area contributed by atoms with E-state index in [0.717, 1.165) is 10.4 Å². The molecule has 0 heterocycles. The molecule has 0 saturated heterocycles. The average molecular weight is 383 g/mol. The highest BCUT2D eigenvalue weighted by atomic mass is 79.9. The van der Waals surface area contributed by atoms with Gasteiger partial charge in [0.05, 0.1) is 11.1 Å². The summed E-state index contributed by atoms with van der Waals surface area (Å²) < 4.78 is 40.7. The summed E-state index contributed by atoms with van der Waals surface area (Å²) in [6.07, 6.45) is 1.14. The molecule has 0 unspecified atom stereocenters. The molecule has 1 rings (SSSR count). The number of halogens is 2. The van der Waals surface area contributed by atoms with E-state index >= 15 is 0 Å². The molecular formula is C13H20BrFN2O3S. The molecule has 0 atom stereocenters. The van der Waals surface area contributed by atoms with Crippen molar-refractivity contribution >= 4 is 31.6 Å². The molecule has 0 aliphatic heterocycles. The Bertz CT molecular complexity index is 591. The van der Waals surface area contributed by atoms with Crippen LogP contribution in [0.4, 0.5) is 10.1 Å². The van der Waals surface area contributed by atoms with Gasteiger partial charge in [-0.15, -0.1) is 0 Å². The lowest BCUT2D eigenvalue weighted by Crippen LogP contribution is -2.41. The highest BCUT2D eigenvalue weighted by molar-refractivity contribution is 9.10. The summed E-state index contributed by atoms with van der Waals surface area (Å²) in [6, 6.07) is 2.10. The monoisotopic (exact) mass is 382 g/mol. The van der Waals surface area contributed by atoms with Gasteiger partial charge in [-0.25, -0.2) is 12.8 Å². The van der Waals surface area contributed by atoms with Gasteiger partial charge in [-0.1, -0.05) is 13.8 Å². The van der Waals surface area contributed by atoms with E-state index in [9.17, 15) is 12.8 Å². The average Bonchev–Trinajstić information content (AvgIpc) is 2.42. The Morgan fingerprint density at radius 2 is 1.95 bits per heavy atom. The van der Waals surface area contributed by atoms with E-state index in [4.69, 9.17) is 10.8 Å². The first-order valence-corrected chi connectivity index (χ1v) is 8.90. The smallest absolute Gasteiger partial charge is 0.246 e. The number of hydrogen-bond acceptors (Lipinski definition) is 4. The van der Waals surface area contributed by atoms with Gasteiger partial charge in [-0.3, -0.25) is 0 Å². The molecule has 0 aliphatic carbocycles. The second-order valence-corrected chi connectivity index (χ2v) is 7.34. The van der Waals surface area contributed by atoms with Crippen LogP contribution in [0.15, 0.2) is 21.5 Å². The van der Waals surface area contributed by atoms with Crippen LogP contribution in [0, 0.1) is 5.82 Å². The standard InChI is InChI=1S/C13H20BrFN2O3S/c1-3-10(4-2)17(5-6-18)21(19,20)12-8-9(16)7-11(14)13(12)15/h7-8,10,18H,3-6,16H2,1-2H3. The van der Waals surface area contributed by atoms with E-state index in [1.54, 1.807) is 0 Å². The van der Waals surface area contributed by atoms with Crippen molar-refractivity contribution in [1.29, 1.82) is 0 Å². The Hall–Kier alpha value is -0.700. The minimum absolute atomic E-state index is 0.00503. The van der Waals surface area contributed by atoms with Gasteiger partial charge in [0.1, 0.15) is 4.90 Å². The first-order valence-electron chi connectivity index (χ1n) is 6.66. The van der Waals surface area contributed by atoms with E-state index in [1.807, 2.05) is 13.8 Å². The maximum Gasteiger partial charge on any atom is 0.246 e. The molecule has 0 aromatic heterocycles. The molecule has 0 saturated carbocycles. The van der Waals surface area contributed by atoms with E-state index < -0.39 is 20.7 Å². The molecular weight excluding hydrogens is 363 g/mol. The number of aliphatic hydroxyl groups is 1. The molecule has 8 heteroatoms. The van der Waals surface area contributed by atoms with Crippen LogP contribution < -0.4 is 5.73 Å². The fourth-order valence-electron chi connectivity index (χ4n) is 2.19. The lowest BCUT2D eigenvalue weighted by Gasteiger charge is -2.29. The largest absolute Gasteiger partial charge is 0.399 e. The topological polar surface area (TPSA) is 83.6 Å². The first-order chi connectivity index (χ1) is 9.79. The summed E-state index contributed by atoms with van der Waals surface area (Å²) in [5, 5.41) is 9.13. The summed E-state index contributed by atoms with van der Waals surface area (Å²) in [4.78, 5) is -0.477. The first kappa shape index (κ1) is 18.3. The molecule has 0 bridgehead atoms. The number of aliphatic hydroxyl groups excluding tert-OH is 1. The summed E-state index contributed by atoms with van der Waals surface area (Å²) in [5.74, 6) is -0.877. The predicted octanol–water partition coefficient (Wildman–Crippen LogP) is 2.34. The van der Waals surface area contributed by atoms with Gasteiger partial charge in [0.2, 0.25) is 10.0 Å². The number of nitrogens with zero attached hydrogens (tertiary/aromatic N) is 1. The zero-order valence-corrected chi connectivity index (χ0v) is 14.4. The lowest BCUT2D eigenvalue weighted by atomic mass is 10.2. The number of sulfonamides is 1. The molecule has 0 radical (unpaired) electrons.